The Balaban J connectivity index is 2.18. The summed E-state index contributed by atoms with van der Waals surface area (Å²) in [4.78, 5) is 4.68. The third-order valence-corrected chi connectivity index (χ3v) is 3.63. The zero-order valence-electron chi connectivity index (χ0n) is 10.3. The van der Waals surface area contributed by atoms with Crippen LogP contribution < -0.4 is 0 Å². The molecule has 0 spiro atoms. The monoisotopic (exact) mass is 294 g/mol. The molecule has 0 saturated heterocycles. The lowest BCUT2D eigenvalue weighted by molar-refractivity contribution is 0.596. The predicted molar refractivity (Wildman–Crippen MR) is 76.8 cm³/mol. The van der Waals surface area contributed by atoms with E-state index in [0.717, 1.165) is 23.8 Å². The molecule has 0 fully saturated rings. The van der Waals surface area contributed by atoms with Gasteiger partial charge in [0.05, 0.1) is 11.0 Å². The van der Waals surface area contributed by atoms with Gasteiger partial charge in [-0.05, 0) is 25.0 Å². The molecule has 0 bridgehead atoms. The SMILES string of the molecule is CCc1nc2ccccc2n1CCCCCBr. The zero-order chi connectivity index (χ0) is 12.1. The van der Waals surface area contributed by atoms with Crippen LogP contribution in [0, 0.1) is 0 Å². The molecular formula is C14H19BrN2. The minimum absolute atomic E-state index is 1.01. The molecule has 0 radical (unpaired) electrons. The average Bonchev–Trinajstić information content (AvgIpc) is 2.73. The summed E-state index contributed by atoms with van der Waals surface area (Å²) in [7, 11) is 0. The van der Waals surface area contributed by atoms with E-state index in [0.29, 0.717) is 0 Å². The first kappa shape index (κ1) is 12.6. The molecule has 0 aliphatic carbocycles. The number of aryl methyl sites for hydroxylation is 2. The van der Waals surface area contributed by atoms with Gasteiger partial charge in [0.25, 0.3) is 0 Å². The van der Waals surface area contributed by atoms with E-state index >= 15 is 0 Å². The molecule has 17 heavy (non-hydrogen) atoms. The van der Waals surface area contributed by atoms with Gasteiger partial charge in [0.2, 0.25) is 0 Å². The van der Waals surface area contributed by atoms with Crippen LogP contribution in [0.3, 0.4) is 0 Å². The van der Waals surface area contributed by atoms with Crippen molar-refractivity contribution in [2.45, 2.75) is 39.2 Å². The Morgan fingerprint density at radius 3 is 2.76 bits per heavy atom. The summed E-state index contributed by atoms with van der Waals surface area (Å²) in [5.41, 5.74) is 2.41. The number of imidazole rings is 1. The molecule has 0 unspecified atom stereocenters. The lowest BCUT2D eigenvalue weighted by Crippen LogP contribution is -2.03. The van der Waals surface area contributed by atoms with Gasteiger partial charge in [-0.25, -0.2) is 4.98 Å². The van der Waals surface area contributed by atoms with Crippen LogP contribution in [-0.2, 0) is 13.0 Å². The van der Waals surface area contributed by atoms with Crippen LogP contribution in [0.1, 0.15) is 32.0 Å². The minimum atomic E-state index is 1.01. The second-order valence-electron chi connectivity index (χ2n) is 4.27. The van der Waals surface area contributed by atoms with E-state index in [-0.39, 0.29) is 0 Å². The van der Waals surface area contributed by atoms with Crippen molar-refractivity contribution < 1.29 is 0 Å². The Bertz CT molecular complexity index is 476. The molecule has 0 N–H and O–H groups in total. The molecule has 2 aromatic rings. The Kier molecular flexibility index (Phi) is 4.60. The van der Waals surface area contributed by atoms with Crippen molar-refractivity contribution in [1.29, 1.82) is 0 Å². The molecule has 0 aliphatic heterocycles. The fourth-order valence-electron chi connectivity index (χ4n) is 2.19. The third-order valence-electron chi connectivity index (χ3n) is 3.07. The van der Waals surface area contributed by atoms with Crippen LogP contribution in [0.15, 0.2) is 24.3 Å². The van der Waals surface area contributed by atoms with Gasteiger partial charge in [-0.1, -0.05) is 41.4 Å². The number of fused-ring (bicyclic) bond motifs is 1. The van der Waals surface area contributed by atoms with E-state index in [1.807, 2.05) is 0 Å². The van der Waals surface area contributed by atoms with Crippen molar-refractivity contribution in [2.75, 3.05) is 5.33 Å². The number of nitrogens with zero attached hydrogens (tertiary/aromatic N) is 2. The third kappa shape index (κ3) is 2.89. The Labute approximate surface area is 111 Å². The fourth-order valence-corrected chi connectivity index (χ4v) is 2.58. The molecule has 2 nitrogen and oxygen atoms in total. The average molecular weight is 295 g/mol. The van der Waals surface area contributed by atoms with Crippen LogP contribution in [0.4, 0.5) is 0 Å². The van der Waals surface area contributed by atoms with Crippen LogP contribution in [0.2, 0.25) is 0 Å². The van der Waals surface area contributed by atoms with Gasteiger partial charge in [-0.15, -0.1) is 0 Å². The van der Waals surface area contributed by atoms with Crippen molar-refractivity contribution in [2.24, 2.45) is 0 Å². The molecular weight excluding hydrogens is 276 g/mol. The number of hydrogen-bond acceptors (Lipinski definition) is 1. The largest absolute Gasteiger partial charge is 0.328 e. The summed E-state index contributed by atoms with van der Waals surface area (Å²) >= 11 is 3.48. The van der Waals surface area contributed by atoms with Gasteiger partial charge in [0.1, 0.15) is 5.82 Å². The summed E-state index contributed by atoms with van der Waals surface area (Å²) in [6.07, 6.45) is 4.78. The molecule has 0 aliphatic rings. The number of para-hydroxylation sites is 2. The maximum absolute atomic E-state index is 4.68. The number of benzene rings is 1. The van der Waals surface area contributed by atoms with Gasteiger partial charge in [-0.3, -0.25) is 0 Å². The lowest BCUT2D eigenvalue weighted by Gasteiger charge is -2.07. The molecule has 1 heterocycles. The van der Waals surface area contributed by atoms with E-state index in [9.17, 15) is 0 Å². The molecule has 0 saturated carbocycles. The first-order valence-electron chi connectivity index (χ1n) is 6.37. The van der Waals surface area contributed by atoms with Crippen LogP contribution in [-0.4, -0.2) is 14.9 Å². The van der Waals surface area contributed by atoms with Crippen LogP contribution in [0.5, 0.6) is 0 Å². The van der Waals surface area contributed by atoms with E-state index in [2.05, 4.69) is 56.7 Å². The van der Waals surface area contributed by atoms with E-state index in [1.165, 1.54) is 30.6 Å². The molecule has 2 rings (SSSR count). The number of alkyl halides is 1. The number of hydrogen-bond donors (Lipinski definition) is 0. The van der Waals surface area contributed by atoms with Gasteiger partial charge in [0, 0.05) is 18.3 Å². The van der Waals surface area contributed by atoms with Gasteiger partial charge in [0.15, 0.2) is 0 Å². The molecule has 0 amide bonds. The highest BCUT2D eigenvalue weighted by molar-refractivity contribution is 9.09. The second-order valence-corrected chi connectivity index (χ2v) is 5.06. The first-order chi connectivity index (χ1) is 8.36. The smallest absolute Gasteiger partial charge is 0.109 e. The van der Waals surface area contributed by atoms with Gasteiger partial charge in [-0.2, -0.15) is 0 Å². The quantitative estimate of drug-likeness (QED) is 0.578. The van der Waals surface area contributed by atoms with E-state index in [4.69, 9.17) is 0 Å². The topological polar surface area (TPSA) is 17.8 Å². The number of unbranched alkanes of at least 4 members (excludes halogenated alkanes) is 2. The van der Waals surface area contributed by atoms with Gasteiger partial charge < -0.3 is 4.57 Å². The fraction of sp³-hybridized carbons (Fsp3) is 0.500. The summed E-state index contributed by atoms with van der Waals surface area (Å²) in [5, 5.41) is 1.11. The summed E-state index contributed by atoms with van der Waals surface area (Å²) < 4.78 is 2.38. The van der Waals surface area contributed by atoms with Crippen molar-refractivity contribution in [1.82, 2.24) is 9.55 Å². The lowest BCUT2D eigenvalue weighted by atomic mass is 10.2. The van der Waals surface area contributed by atoms with E-state index < -0.39 is 0 Å². The zero-order valence-corrected chi connectivity index (χ0v) is 11.9. The summed E-state index contributed by atoms with van der Waals surface area (Å²) in [6, 6.07) is 8.43. The first-order valence-corrected chi connectivity index (χ1v) is 7.49. The molecule has 3 heteroatoms. The summed E-state index contributed by atoms with van der Waals surface area (Å²) in [6.45, 7) is 3.27. The highest BCUT2D eigenvalue weighted by Gasteiger charge is 2.07. The molecule has 1 aromatic heterocycles. The van der Waals surface area contributed by atoms with Crippen molar-refractivity contribution in [3.8, 4) is 0 Å². The maximum atomic E-state index is 4.68. The second kappa shape index (κ2) is 6.20. The highest BCUT2D eigenvalue weighted by Crippen LogP contribution is 2.17. The Morgan fingerprint density at radius 1 is 1.18 bits per heavy atom. The maximum Gasteiger partial charge on any atom is 0.109 e. The van der Waals surface area contributed by atoms with Crippen LogP contribution in [0.25, 0.3) is 11.0 Å². The minimum Gasteiger partial charge on any atom is -0.328 e. The Hall–Kier alpha value is -0.830. The summed E-state index contributed by atoms with van der Waals surface area (Å²) in [5.74, 6) is 1.21. The van der Waals surface area contributed by atoms with E-state index in [1.54, 1.807) is 0 Å². The highest BCUT2D eigenvalue weighted by atomic mass is 79.9. The van der Waals surface area contributed by atoms with Crippen molar-refractivity contribution in [3.63, 3.8) is 0 Å². The normalized spacial score (nSPS) is 11.2. The van der Waals surface area contributed by atoms with Gasteiger partial charge >= 0.3 is 0 Å². The molecule has 0 atom stereocenters. The standard InChI is InChI=1S/C14H19BrN2/c1-2-14-16-12-8-4-5-9-13(12)17(14)11-7-3-6-10-15/h4-5,8-9H,2-3,6-7,10-11H2,1H3. The predicted octanol–water partition coefficient (Wildman–Crippen LogP) is 4.16. The molecule has 1 aromatic carbocycles. The number of rotatable bonds is 6. The Morgan fingerprint density at radius 2 is 2.00 bits per heavy atom. The van der Waals surface area contributed by atoms with Crippen molar-refractivity contribution in [3.05, 3.63) is 30.1 Å². The molecule has 92 valence electrons. The number of aromatic nitrogens is 2. The number of halogens is 1. The van der Waals surface area contributed by atoms with Crippen molar-refractivity contribution >= 4 is 27.0 Å². The van der Waals surface area contributed by atoms with Crippen LogP contribution >= 0.6 is 15.9 Å².